The first-order valence-electron chi connectivity index (χ1n) is 6.77. The highest BCUT2D eigenvalue weighted by molar-refractivity contribution is 5.78. The summed E-state index contributed by atoms with van der Waals surface area (Å²) in [5, 5.41) is 6.14. The minimum atomic E-state index is -0.172. The smallest absolute Gasteiger partial charge is 0.234 e. The molecule has 1 amide bonds. The summed E-state index contributed by atoms with van der Waals surface area (Å²) < 4.78 is 0. The van der Waals surface area contributed by atoms with E-state index in [2.05, 4.69) is 43.5 Å². The van der Waals surface area contributed by atoms with E-state index in [1.54, 1.807) is 0 Å². The van der Waals surface area contributed by atoms with E-state index in [1.807, 2.05) is 20.8 Å². The van der Waals surface area contributed by atoms with Crippen LogP contribution in [0, 0.1) is 20.8 Å². The number of carbonyl (C=O) groups excluding carboxylic acids is 1. The molecular weight excluding hydrogens is 236 g/mol. The number of nitrogens with one attached hydrogen (secondary N) is 2. The molecule has 0 saturated carbocycles. The maximum Gasteiger partial charge on any atom is 0.234 e. The molecule has 106 valence electrons. The maximum atomic E-state index is 11.7. The fourth-order valence-electron chi connectivity index (χ4n) is 1.98. The van der Waals surface area contributed by atoms with Crippen LogP contribution in [-0.2, 0) is 11.3 Å². The first kappa shape index (κ1) is 15.7. The van der Waals surface area contributed by atoms with Gasteiger partial charge in [0.2, 0.25) is 5.91 Å². The van der Waals surface area contributed by atoms with Gasteiger partial charge in [-0.15, -0.1) is 0 Å². The van der Waals surface area contributed by atoms with Crippen molar-refractivity contribution in [3.05, 3.63) is 34.4 Å². The standard InChI is InChI=1S/C16H26N2O/c1-11-7-13(3)14(8-12(11)2)9-17-10-15(19)18-16(4,5)6/h7-8,17H,9-10H2,1-6H3,(H,18,19). The summed E-state index contributed by atoms with van der Waals surface area (Å²) in [6.45, 7) is 13.4. The molecule has 0 aromatic heterocycles. The van der Waals surface area contributed by atoms with Crippen molar-refractivity contribution in [3.8, 4) is 0 Å². The normalized spacial score (nSPS) is 11.5. The third kappa shape index (κ3) is 5.43. The minimum absolute atomic E-state index is 0.0361. The molecule has 0 heterocycles. The highest BCUT2D eigenvalue weighted by atomic mass is 16.2. The zero-order valence-corrected chi connectivity index (χ0v) is 13.0. The first-order valence-corrected chi connectivity index (χ1v) is 6.77. The van der Waals surface area contributed by atoms with Gasteiger partial charge in [-0.05, 0) is 63.8 Å². The van der Waals surface area contributed by atoms with Crippen molar-refractivity contribution in [2.45, 2.75) is 53.6 Å². The van der Waals surface area contributed by atoms with Crippen molar-refractivity contribution in [2.24, 2.45) is 0 Å². The van der Waals surface area contributed by atoms with Crippen molar-refractivity contribution in [1.82, 2.24) is 10.6 Å². The molecule has 0 aliphatic heterocycles. The largest absolute Gasteiger partial charge is 0.350 e. The van der Waals surface area contributed by atoms with Gasteiger partial charge in [-0.3, -0.25) is 4.79 Å². The summed E-state index contributed by atoms with van der Waals surface area (Å²) in [5.74, 6) is 0.0361. The molecule has 3 heteroatoms. The molecule has 0 radical (unpaired) electrons. The summed E-state index contributed by atoms with van der Waals surface area (Å²) in [4.78, 5) is 11.7. The Hall–Kier alpha value is -1.35. The average Bonchev–Trinajstić information content (AvgIpc) is 2.22. The van der Waals surface area contributed by atoms with E-state index >= 15 is 0 Å². The van der Waals surface area contributed by atoms with Gasteiger partial charge in [-0.25, -0.2) is 0 Å². The number of hydrogen-bond donors (Lipinski definition) is 2. The predicted molar refractivity (Wildman–Crippen MR) is 80.3 cm³/mol. The molecule has 0 aliphatic rings. The van der Waals surface area contributed by atoms with Crippen molar-refractivity contribution >= 4 is 5.91 Å². The van der Waals surface area contributed by atoms with Gasteiger partial charge in [0, 0.05) is 12.1 Å². The molecule has 1 aromatic rings. The molecule has 0 fully saturated rings. The van der Waals surface area contributed by atoms with Crippen LogP contribution in [-0.4, -0.2) is 18.0 Å². The van der Waals surface area contributed by atoms with Crippen LogP contribution in [0.1, 0.15) is 43.0 Å². The minimum Gasteiger partial charge on any atom is -0.350 e. The Bertz CT molecular complexity index is 459. The molecule has 1 rings (SSSR count). The van der Waals surface area contributed by atoms with Gasteiger partial charge >= 0.3 is 0 Å². The van der Waals surface area contributed by atoms with E-state index in [-0.39, 0.29) is 11.4 Å². The number of amides is 1. The van der Waals surface area contributed by atoms with E-state index in [0.29, 0.717) is 6.54 Å². The van der Waals surface area contributed by atoms with Gasteiger partial charge in [0.1, 0.15) is 0 Å². The second kappa shape index (κ2) is 6.20. The zero-order chi connectivity index (χ0) is 14.6. The third-order valence-electron chi connectivity index (χ3n) is 3.07. The van der Waals surface area contributed by atoms with Crippen molar-refractivity contribution in [3.63, 3.8) is 0 Å². The second-order valence-electron chi connectivity index (χ2n) is 6.26. The average molecular weight is 262 g/mol. The molecule has 3 nitrogen and oxygen atoms in total. The maximum absolute atomic E-state index is 11.7. The quantitative estimate of drug-likeness (QED) is 0.876. The fraction of sp³-hybridized carbons (Fsp3) is 0.562. The number of aryl methyl sites for hydroxylation is 3. The Morgan fingerprint density at radius 3 is 2.21 bits per heavy atom. The molecular formula is C16H26N2O. The number of carbonyl (C=O) groups is 1. The molecule has 0 aliphatic carbocycles. The van der Waals surface area contributed by atoms with Crippen molar-refractivity contribution in [2.75, 3.05) is 6.54 Å². The van der Waals surface area contributed by atoms with E-state index < -0.39 is 0 Å². The molecule has 1 aromatic carbocycles. The van der Waals surface area contributed by atoms with Crippen molar-refractivity contribution < 1.29 is 4.79 Å². The highest BCUT2D eigenvalue weighted by Crippen LogP contribution is 2.14. The van der Waals surface area contributed by atoms with Gasteiger partial charge in [0.05, 0.1) is 6.54 Å². The molecule has 0 bridgehead atoms. The van der Waals surface area contributed by atoms with Crippen LogP contribution in [0.5, 0.6) is 0 Å². The summed E-state index contributed by atoms with van der Waals surface area (Å²) in [5.41, 5.74) is 4.96. The van der Waals surface area contributed by atoms with Gasteiger partial charge in [-0.1, -0.05) is 12.1 Å². The molecule has 0 unspecified atom stereocenters. The van der Waals surface area contributed by atoms with Gasteiger partial charge in [-0.2, -0.15) is 0 Å². The topological polar surface area (TPSA) is 41.1 Å². The summed E-state index contributed by atoms with van der Waals surface area (Å²) >= 11 is 0. The lowest BCUT2D eigenvalue weighted by Gasteiger charge is -2.20. The monoisotopic (exact) mass is 262 g/mol. The van der Waals surface area contributed by atoms with E-state index in [1.165, 1.54) is 22.3 Å². The van der Waals surface area contributed by atoms with Crippen molar-refractivity contribution in [1.29, 1.82) is 0 Å². The highest BCUT2D eigenvalue weighted by Gasteiger charge is 2.13. The number of hydrogen-bond acceptors (Lipinski definition) is 2. The molecule has 2 N–H and O–H groups in total. The first-order chi connectivity index (χ1) is 8.69. The Morgan fingerprint density at radius 1 is 1.05 bits per heavy atom. The molecule has 0 saturated heterocycles. The van der Waals surface area contributed by atoms with Crippen LogP contribution in [0.2, 0.25) is 0 Å². The van der Waals surface area contributed by atoms with Crippen LogP contribution in [0.25, 0.3) is 0 Å². The van der Waals surface area contributed by atoms with E-state index in [0.717, 1.165) is 6.54 Å². The summed E-state index contributed by atoms with van der Waals surface area (Å²) in [6.07, 6.45) is 0. The number of benzene rings is 1. The SMILES string of the molecule is Cc1cc(C)c(CNCC(=O)NC(C)(C)C)cc1C. The van der Waals surface area contributed by atoms with Crippen LogP contribution in [0.15, 0.2) is 12.1 Å². The molecule has 0 atom stereocenters. The zero-order valence-electron chi connectivity index (χ0n) is 13.0. The van der Waals surface area contributed by atoms with Gasteiger partial charge in [0.25, 0.3) is 0 Å². The summed E-state index contributed by atoms with van der Waals surface area (Å²) in [7, 11) is 0. The van der Waals surface area contributed by atoms with E-state index in [4.69, 9.17) is 0 Å². The van der Waals surface area contributed by atoms with E-state index in [9.17, 15) is 4.79 Å². The van der Waals surface area contributed by atoms with Gasteiger partial charge < -0.3 is 10.6 Å². The fourth-order valence-corrected chi connectivity index (χ4v) is 1.98. The lowest BCUT2D eigenvalue weighted by molar-refractivity contribution is -0.121. The molecule has 0 spiro atoms. The predicted octanol–water partition coefficient (Wildman–Crippen LogP) is 2.62. The Balaban J connectivity index is 2.50. The Labute approximate surface area is 116 Å². The number of rotatable bonds is 4. The lowest BCUT2D eigenvalue weighted by Crippen LogP contribution is -2.44. The lowest BCUT2D eigenvalue weighted by atomic mass is 10.0. The van der Waals surface area contributed by atoms with Crippen LogP contribution >= 0.6 is 0 Å². The van der Waals surface area contributed by atoms with Gasteiger partial charge in [0.15, 0.2) is 0 Å². The second-order valence-corrected chi connectivity index (χ2v) is 6.26. The Kier molecular flexibility index (Phi) is 5.12. The van der Waals surface area contributed by atoms with Crippen LogP contribution in [0.4, 0.5) is 0 Å². The third-order valence-corrected chi connectivity index (χ3v) is 3.07. The Morgan fingerprint density at radius 2 is 1.63 bits per heavy atom. The van der Waals surface area contributed by atoms with Crippen LogP contribution in [0.3, 0.4) is 0 Å². The molecule has 19 heavy (non-hydrogen) atoms. The van der Waals surface area contributed by atoms with Crippen LogP contribution < -0.4 is 10.6 Å². The summed E-state index contributed by atoms with van der Waals surface area (Å²) in [6, 6.07) is 4.39.